The third kappa shape index (κ3) is 5.03. The van der Waals surface area contributed by atoms with Gasteiger partial charge in [0.05, 0.1) is 12.2 Å². The highest BCUT2D eigenvalue weighted by atomic mass is 16.5. The zero-order valence-corrected chi connectivity index (χ0v) is 11.3. The summed E-state index contributed by atoms with van der Waals surface area (Å²) in [6.45, 7) is 7.34. The molecule has 0 radical (unpaired) electrons. The molecule has 0 saturated carbocycles. The van der Waals surface area contributed by atoms with Crippen LogP contribution in [0.5, 0.6) is 0 Å². The summed E-state index contributed by atoms with van der Waals surface area (Å²) in [6, 6.07) is 2.35. The quantitative estimate of drug-likeness (QED) is 0.761. The number of likely N-dealkylation sites (N-methyl/N-ethyl adjacent to an activating group) is 2. The monoisotopic (exact) mass is 239 g/mol. The average molecular weight is 239 g/mol. The lowest BCUT2D eigenvalue weighted by Gasteiger charge is -2.32. The van der Waals surface area contributed by atoms with Gasteiger partial charge in [-0.25, -0.2) is 0 Å². The Morgan fingerprint density at radius 2 is 2.29 bits per heavy atom. The summed E-state index contributed by atoms with van der Waals surface area (Å²) in [5, 5.41) is 12.4. The van der Waals surface area contributed by atoms with E-state index in [0.29, 0.717) is 6.10 Å². The molecule has 0 aromatic rings. The number of hydrogen-bond acceptors (Lipinski definition) is 4. The maximum Gasteiger partial charge on any atom is 0.116 e. The molecule has 1 saturated heterocycles. The van der Waals surface area contributed by atoms with Crippen molar-refractivity contribution < 1.29 is 4.74 Å². The summed E-state index contributed by atoms with van der Waals surface area (Å²) in [7, 11) is 2.06. The molecule has 0 amide bonds. The number of ether oxygens (including phenoxy) is 1. The maximum absolute atomic E-state index is 9.20. The largest absolute Gasteiger partial charge is 0.377 e. The summed E-state index contributed by atoms with van der Waals surface area (Å²) in [4.78, 5) is 2.20. The van der Waals surface area contributed by atoms with Gasteiger partial charge in [0.15, 0.2) is 0 Å². The Morgan fingerprint density at radius 3 is 2.82 bits per heavy atom. The molecule has 1 heterocycles. The van der Waals surface area contributed by atoms with Crippen LogP contribution in [0.15, 0.2) is 0 Å². The van der Waals surface area contributed by atoms with Crippen LogP contribution in [0.25, 0.3) is 0 Å². The van der Waals surface area contributed by atoms with E-state index >= 15 is 0 Å². The summed E-state index contributed by atoms with van der Waals surface area (Å²) < 4.78 is 5.71. The molecule has 98 valence electrons. The molecule has 0 spiro atoms. The van der Waals surface area contributed by atoms with E-state index in [1.807, 2.05) is 13.8 Å². The predicted octanol–water partition coefficient (Wildman–Crippen LogP) is 1.38. The van der Waals surface area contributed by atoms with Gasteiger partial charge < -0.3 is 9.64 Å². The van der Waals surface area contributed by atoms with Crippen LogP contribution in [-0.2, 0) is 4.74 Å². The van der Waals surface area contributed by atoms with Crippen LogP contribution >= 0.6 is 0 Å². The van der Waals surface area contributed by atoms with Gasteiger partial charge in [-0.1, -0.05) is 6.92 Å². The first-order valence-electron chi connectivity index (χ1n) is 6.56. The number of nitrogens with zero attached hydrogens (tertiary/aromatic N) is 2. The van der Waals surface area contributed by atoms with Gasteiger partial charge >= 0.3 is 0 Å². The number of hydrogen-bond donors (Lipinski definition) is 1. The Kier molecular flexibility index (Phi) is 5.90. The first-order valence-corrected chi connectivity index (χ1v) is 6.56. The van der Waals surface area contributed by atoms with Crippen molar-refractivity contribution in [2.75, 3.05) is 33.3 Å². The molecule has 1 N–H and O–H groups in total. The molecule has 1 aliphatic heterocycles. The van der Waals surface area contributed by atoms with E-state index < -0.39 is 5.54 Å². The molecule has 4 nitrogen and oxygen atoms in total. The lowest BCUT2D eigenvalue weighted by Crippen LogP contribution is -2.50. The third-order valence-corrected chi connectivity index (χ3v) is 3.19. The molecule has 0 bridgehead atoms. The van der Waals surface area contributed by atoms with Crippen LogP contribution in [0.1, 0.15) is 33.1 Å². The molecule has 0 aromatic heterocycles. The molecule has 1 rings (SSSR count). The summed E-state index contributed by atoms with van der Waals surface area (Å²) in [5.74, 6) is 0. The molecule has 0 aliphatic carbocycles. The predicted molar refractivity (Wildman–Crippen MR) is 68.8 cm³/mol. The molecular formula is C13H25N3O. The zero-order valence-electron chi connectivity index (χ0n) is 11.3. The van der Waals surface area contributed by atoms with Gasteiger partial charge in [0.1, 0.15) is 5.54 Å². The standard InChI is InChI=1S/C13H25N3O/c1-4-15-13(2,10-14)11-16(3)9-12-7-5-6-8-17-12/h12,15H,4-9,11H2,1-3H3. The van der Waals surface area contributed by atoms with Crippen LogP contribution in [0.3, 0.4) is 0 Å². The van der Waals surface area contributed by atoms with Crippen molar-refractivity contribution in [3.63, 3.8) is 0 Å². The molecule has 4 heteroatoms. The van der Waals surface area contributed by atoms with Crippen molar-refractivity contribution in [2.24, 2.45) is 0 Å². The van der Waals surface area contributed by atoms with Crippen molar-refractivity contribution in [2.45, 2.75) is 44.8 Å². The van der Waals surface area contributed by atoms with Crippen molar-refractivity contribution in [3.05, 3.63) is 0 Å². The smallest absolute Gasteiger partial charge is 0.116 e. The average Bonchev–Trinajstić information content (AvgIpc) is 2.30. The normalized spacial score (nSPS) is 24.3. The lowest BCUT2D eigenvalue weighted by molar-refractivity contribution is -0.00354. The van der Waals surface area contributed by atoms with Crippen molar-refractivity contribution >= 4 is 0 Å². The molecule has 2 atom stereocenters. The van der Waals surface area contributed by atoms with Gasteiger partial charge in [0, 0.05) is 19.7 Å². The number of nitrogens with one attached hydrogen (secondary N) is 1. The van der Waals surface area contributed by atoms with E-state index in [-0.39, 0.29) is 0 Å². The van der Waals surface area contributed by atoms with Gasteiger partial charge in [0.25, 0.3) is 0 Å². The molecule has 1 fully saturated rings. The van der Waals surface area contributed by atoms with Gasteiger partial charge in [0.2, 0.25) is 0 Å². The van der Waals surface area contributed by atoms with Crippen LogP contribution < -0.4 is 5.32 Å². The number of rotatable bonds is 6. The fourth-order valence-electron chi connectivity index (χ4n) is 2.42. The van der Waals surface area contributed by atoms with E-state index in [4.69, 9.17) is 4.74 Å². The van der Waals surface area contributed by atoms with Crippen LogP contribution in [0.2, 0.25) is 0 Å². The van der Waals surface area contributed by atoms with Gasteiger partial charge in [-0.3, -0.25) is 5.32 Å². The second-order valence-corrected chi connectivity index (χ2v) is 5.16. The Balaban J connectivity index is 2.36. The third-order valence-electron chi connectivity index (χ3n) is 3.19. The molecule has 0 aromatic carbocycles. The van der Waals surface area contributed by atoms with Crippen LogP contribution in [0, 0.1) is 11.3 Å². The molecular weight excluding hydrogens is 214 g/mol. The Bertz CT molecular complexity index is 258. The highest BCUT2D eigenvalue weighted by molar-refractivity contribution is 5.05. The SMILES string of the molecule is CCNC(C)(C#N)CN(C)CC1CCCCO1. The highest BCUT2D eigenvalue weighted by Crippen LogP contribution is 2.14. The van der Waals surface area contributed by atoms with Crippen LogP contribution in [-0.4, -0.2) is 49.8 Å². The van der Waals surface area contributed by atoms with Crippen molar-refractivity contribution in [1.82, 2.24) is 10.2 Å². The van der Waals surface area contributed by atoms with E-state index in [1.54, 1.807) is 0 Å². The molecule has 2 unspecified atom stereocenters. The minimum Gasteiger partial charge on any atom is -0.377 e. The van der Waals surface area contributed by atoms with E-state index in [0.717, 1.165) is 32.7 Å². The summed E-state index contributed by atoms with van der Waals surface area (Å²) in [6.07, 6.45) is 3.95. The second-order valence-electron chi connectivity index (χ2n) is 5.16. The minimum absolute atomic E-state index is 0.346. The van der Waals surface area contributed by atoms with Gasteiger partial charge in [-0.15, -0.1) is 0 Å². The first kappa shape index (κ1) is 14.4. The van der Waals surface area contributed by atoms with Crippen LogP contribution in [0.4, 0.5) is 0 Å². The highest BCUT2D eigenvalue weighted by Gasteiger charge is 2.26. The Labute approximate surface area is 105 Å². The topological polar surface area (TPSA) is 48.3 Å². The van der Waals surface area contributed by atoms with E-state index in [9.17, 15) is 5.26 Å². The van der Waals surface area contributed by atoms with Crippen molar-refractivity contribution in [1.29, 1.82) is 5.26 Å². The van der Waals surface area contributed by atoms with Gasteiger partial charge in [-0.2, -0.15) is 5.26 Å². The zero-order chi connectivity index (χ0) is 12.7. The lowest BCUT2D eigenvalue weighted by atomic mass is 10.0. The molecule has 1 aliphatic rings. The molecule has 17 heavy (non-hydrogen) atoms. The minimum atomic E-state index is -0.460. The summed E-state index contributed by atoms with van der Waals surface area (Å²) >= 11 is 0. The van der Waals surface area contributed by atoms with Gasteiger partial charge in [-0.05, 0) is 39.8 Å². The first-order chi connectivity index (χ1) is 8.09. The summed E-state index contributed by atoms with van der Waals surface area (Å²) in [5.41, 5.74) is -0.460. The fourth-order valence-corrected chi connectivity index (χ4v) is 2.42. The van der Waals surface area contributed by atoms with E-state index in [1.165, 1.54) is 12.8 Å². The second kappa shape index (κ2) is 6.95. The van der Waals surface area contributed by atoms with E-state index in [2.05, 4.69) is 23.3 Å². The number of nitriles is 1. The maximum atomic E-state index is 9.20. The fraction of sp³-hybridized carbons (Fsp3) is 0.923. The Morgan fingerprint density at radius 1 is 1.53 bits per heavy atom. The van der Waals surface area contributed by atoms with Crippen molar-refractivity contribution in [3.8, 4) is 6.07 Å². The Hall–Kier alpha value is -0.630.